The Morgan fingerprint density at radius 3 is 2.79 bits per heavy atom. The summed E-state index contributed by atoms with van der Waals surface area (Å²) in [6, 6.07) is 4.10. The first kappa shape index (κ1) is 15.6. The molecule has 0 aliphatic heterocycles. The fourth-order valence-electron chi connectivity index (χ4n) is 1.38. The van der Waals surface area contributed by atoms with Crippen LogP contribution in [0.25, 0.3) is 0 Å². The number of hydrogen-bond acceptors (Lipinski definition) is 6. The van der Waals surface area contributed by atoms with Crippen LogP contribution in [0.15, 0.2) is 18.2 Å². The van der Waals surface area contributed by atoms with E-state index >= 15 is 0 Å². The monoisotopic (exact) mass is 287 g/mol. The van der Waals surface area contributed by atoms with E-state index in [1.165, 1.54) is 25.3 Å². The smallest absolute Gasteiger partial charge is 0.273 e. The maximum atomic E-state index is 10.6. The minimum absolute atomic E-state index is 0.0636. The highest BCUT2D eigenvalue weighted by Gasteiger charge is 2.13. The zero-order chi connectivity index (χ0) is 14.3. The number of non-ortho nitro benzene ring substituents is 1. The zero-order valence-electron chi connectivity index (χ0n) is 10.9. The van der Waals surface area contributed by atoms with Crippen LogP contribution in [0.4, 0.5) is 5.69 Å². The van der Waals surface area contributed by atoms with Crippen LogP contribution >= 0.6 is 11.8 Å². The van der Waals surface area contributed by atoms with Crippen molar-refractivity contribution in [3.05, 3.63) is 28.3 Å². The lowest BCUT2D eigenvalue weighted by atomic mass is 10.3. The minimum Gasteiger partial charge on any atom is -0.493 e. The number of nitro benzene ring substituents is 1. The highest BCUT2D eigenvalue weighted by atomic mass is 32.2. The van der Waals surface area contributed by atoms with Gasteiger partial charge in [0.05, 0.1) is 24.2 Å². The minimum atomic E-state index is -0.579. The number of rotatable bonds is 8. The number of thioether (sulfide) groups is 1. The number of nitrogens with zero attached hydrogens (tertiary/aromatic N) is 1. The van der Waals surface area contributed by atoms with E-state index in [-0.39, 0.29) is 18.0 Å². The Bertz CT molecular complexity index is 427. The predicted octanol–water partition coefficient (Wildman–Crippen LogP) is 2.10. The fraction of sp³-hybridized carbons (Fsp3) is 0.500. The summed E-state index contributed by atoms with van der Waals surface area (Å²) in [5, 5.41) is 20.3. The number of hydrogen-bond donors (Lipinski definition) is 1. The molecule has 0 aliphatic carbocycles. The van der Waals surface area contributed by atoms with Crippen LogP contribution in [-0.4, -0.2) is 41.4 Å². The van der Waals surface area contributed by atoms with Crippen molar-refractivity contribution in [1.29, 1.82) is 0 Å². The number of methoxy groups -OCH3 is 1. The molecule has 1 aromatic carbocycles. The molecule has 0 aromatic heterocycles. The summed E-state index contributed by atoms with van der Waals surface area (Å²) < 4.78 is 10.4. The predicted molar refractivity (Wildman–Crippen MR) is 74.1 cm³/mol. The molecular weight excluding hydrogens is 270 g/mol. The first-order valence-corrected chi connectivity index (χ1v) is 6.95. The third-order valence-electron chi connectivity index (χ3n) is 2.30. The molecule has 0 spiro atoms. The number of aliphatic hydroxyl groups is 1. The summed E-state index contributed by atoms with van der Waals surface area (Å²) in [6.07, 6.45) is -0.579. The molecule has 0 bridgehead atoms. The lowest BCUT2D eigenvalue weighted by Crippen LogP contribution is -2.20. The average Bonchev–Trinajstić information content (AvgIpc) is 2.42. The normalized spacial score (nSPS) is 11.9. The SMILES string of the molecule is CCSC[C@@H](O)COc1ccc([N+](=O)[O-])cc1OC. The molecule has 7 heteroatoms. The first-order valence-electron chi connectivity index (χ1n) is 5.79. The molecule has 0 radical (unpaired) electrons. The van der Waals surface area contributed by atoms with Crippen LogP contribution in [0.1, 0.15) is 6.92 Å². The first-order chi connectivity index (χ1) is 9.08. The van der Waals surface area contributed by atoms with Gasteiger partial charge in [-0.25, -0.2) is 0 Å². The third-order valence-corrected chi connectivity index (χ3v) is 3.33. The van der Waals surface area contributed by atoms with Crippen molar-refractivity contribution >= 4 is 17.4 Å². The van der Waals surface area contributed by atoms with Gasteiger partial charge in [-0.2, -0.15) is 11.8 Å². The lowest BCUT2D eigenvalue weighted by molar-refractivity contribution is -0.384. The van der Waals surface area contributed by atoms with Gasteiger partial charge in [-0.3, -0.25) is 10.1 Å². The van der Waals surface area contributed by atoms with Crippen molar-refractivity contribution < 1.29 is 19.5 Å². The number of benzene rings is 1. The van der Waals surface area contributed by atoms with E-state index in [4.69, 9.17) is 9.47 Å². The zero-order valence-corrected chi connectivity index (χ0v) is 11.7. The molecule has 106 valence electrons. The molecule has 1 rings (SSSR count). The topological polar surface area (TPSA) is 81.8 Å². The second-order valence-corrected chi connectivity index (χ2v) is 5.04. The second-order valence-electron chi connectivity index (χ2n) is 3.72. The van der Waals surface area contributed by atoms with Crippen molar-refractivity contribution in [2.75, 3.05) is 25.2 Å². The Morgan fingerprint density at radius 1 is 1.47 bits per heavy atom. The van der Waals surface area contributed by atoms with Gasteiger partial charge in [0.25, 0.3) is 5.69 Å². The molecule has 0 aliphatic rings. The van der Waals surface area contributed by atoms with Crippen molar-refractivity contribution in [1.82, 2.24) is 0 Å². The van der Waals surface area contributed by atoms with Gasteiger partial charge in [0.15, 0.2) is 11.5 Å². The summed E-state index contributed by atoms with van der Waals surface area (Å²) in [4.78, 5) is 10.1. The maximum Gasteiger partial charge on any atom is 0.273 e. The molecular formula is C12H17NO5S. The van der Waals surface area contributed by atoms with Gasteiger partial charge >= 0.3 is 0 Å². The van der Waals surface area contributed by atoms with Crippen LogP contribution in [0.2, 0.25) is 0 Å². The highest BCUT2D eigenvalue weighted by molar-refractivity contribution is 7.99. The molecule has 0 saturated heterocycles. The lowest BCUT2D eigenvalue weighted by Gasteiger charge is -2.13. The van der Waals surface area contributed by atoms with Crippen LogP contribution in [0, 0.1) is 10.1 Å². The highest BCUT2D eigenvalue weighted by Crippen LogP contribution is 2.31. The molecule has 1 atom stereocenters. The molecule has 1 N–H and O–H groups in total. The third kappa shape index (κ3) is 4.96. The van der Waals surface area contributed by atoms with Crippen molar-refractivity contribution in [3.8, 4) is 11.5 Å². The summed E-state index contributed by atoms with van der Waals surface area (Å²) in [6.45, 7) is 2.14. The molecule has 0 unspecified atom stereocenters. The Balaban J connectivity index is 2.65. The Labute approximate surface area is 115 Å². The standard InChI is InChI=1S/C12H17NO5S/c1-3-19-8-10(14)7-18-11-5-4-9(13(15)16)6-12(11)17-2/h4-6,10,14H,3,7-8H2,1-2H3/t10-/m0/s1. The van der Waals surface area contributed by atoms with Gasteiger partial charge in [-0.1, -0.05) is 6.92 Å². The van der Waals surface area contributed by atoms with Gasteiger partial charge in [-0.15, -0.1) is 0 Å². The average molecular weight is 287 g/mol. The van der Waals surface area contributed by atoms with Gasteiger partial charge in [0.2, 0.25) is 0 Å². The number of aliphatic hydroxyl groups excluding tert-OH is 1. The van der Waals surface area contributed by atoms with Gasteiger partial charge in [0, 0.05) is 11.8 Å². The van der Waals surface area contributed by atoms with Crippen molar-refractivity contribution in [2.24, 2.45) is 0 Å². The summed E-state index contributed by atoms with van der Waals surface area (Å²) in [5.41, 5.74) is -0.0636. The summed E-state index contributed by atoms with van der Waals surface area (Å²) in [7, 11) is 1.41. The van der Waals surface area contributed by atoms with E-state index in [2.05, 4.69) is 0 Å². The van der Waals surface area contributed by atoms with Crippen LogP contribution < -0.4 is 9.47 Å². The molecule has 0 amide bonds. The second kappa shape index (κ2) is 7.85. The van der Waals surface area contributed by atoms with Crippen molar-refractivity contribution in [2.45, 2.75) is 13.0 Å². The summed E-state index contributed by atoms with van der Waals surface area (Å²) >= 11 is 1.62. The Morgan fingerprint density at radius 2 is 2.21 bits per heavy atom. The van der Waals surface area contributed by atoms with Gasteiger partial charge in [0.1, 0.15) is 6.61 Å². The van der Waals surface area contributed by atoms with Crippen LogP contribution in [0.5, 0.6) is 11.5 Å². The van der Waals surface area contributed by atoms with E-state index in [0.717, 1.165) is 5.75 Å². The Kier molecular flexibility index (Phi) is 6.44. The van der Waals surface area contributed by atoms with Crippen LogP contribution in [0.3, 0.4) is 0 Å². The van der Waals surface area contributed by atoms with Crippen LogP contribution in [-0.2, 0) is 0 Å². The van der Waals surface area contributed by atoms with E-state index in [1.807, 2.05) is 6.92 Å². The van der Waals surface area contributed by atoms with E-state index < -0.39 is 11.0 Å². The van der Waals surface area contributed by atoms with E-state index in [1.54, 1.807) is 11.8 Å². The molecule has 1 aromatic rings. The van der Waals surface area contributed by atoms with Gasteiger partial charge in [-0.05, 0) is 11.8 Å². The Hall–Kier alpha value is -1.47. The molecule has 6 nitrogen and oxygen atoms in total. The van der Waals surface area contributed by atoms with Gasteiger partial charge < -0.3 is 14.6 Å². The molecule has 19 heavy (non-hydrogen) atoms. The van der Waals surface area contributed by atoms with E-state index in [9.17, 15) is 15.2 Å². The quantitative estimate of drug-likeness (QED) is 0.582. The summed E-state index contributed by atoms with van der Waals surface area (Å²) in [5.74, 6) is 2.18. The van der Waals surface area contributed by atoms with Crippen molar-refractivity contribution in [3.63, 3.8) is 0 Å². The fourth-order valence-corrected chi connectivity index (χ4v) is 1.98. The molecule has 0 heterocycles. The molecule has 0 saturated carbocycles. The van der Waals surface area contributed by atoms with E-state index in [0.29, 0.717) is 11.5 Å². The number of nitro groups is 1. The number of ether oxygens (including phenoxy) is 2. The maximum absolute atomic E-state index is 10.6. The largest absolute Gasteiger partial charge is 0.493 e. The molecule has 0 fully saturated rings.